The minimum atomic E-state index is -0.808. The number of unbranched alkanes of at least 4 members (excludes halogenated alkanes) is 22. The first-order valence-corrected chi connectivity index (χ1v) is 24.3. The lowest BCUT2D eigenvalue weighted by Gasteiger charge is -2.18. The SMILES string of the molecule is CC/C=C\C/C=C\C/C=C\C/C=C\CCC(=O)OC(COC(=O)CCCCCCCCCC)COC(=O)CCCCCCCCCCC/C=C\CCCCCCCC. The molecule has 0 aromatic rings. The fourth-order valence-corrected chi connectivity index (χ4v) is 6.63. The average Bonchev–Trinajstić information content (AvgIpc) is 3.22. The van der Waals surface area contributed by atoms with Gasteiger partial charge in [-0.3, -0.25) is 14.4 Å². The van der Waals surface area contributed by atoms with Crippen LogP contribution in [0.15, 0.2) is 60.8 Å². The maximum absolute atomic E-state index is 12.7. The van der Waals surface area contributed by atoms with Gasteiger partial charge < -0.3 is 14.2 Å². The molecule has 0 bridgehead atoms. The van der Waals surface area contributed by atoms with Gasteiger partial charge in [0.1, 0.15) is 13.2 Å². The van der Waals surface area contributed by atoms with Crippen LogP contribution in [0.4, 0.5) is 0 Å². The molecule has 0 aliphatic carbocycles. The number of hydrogen-bond acceptors (Lipinski definition) is 6. The van der Waals surface area contributed by atoms with E-state index in [0.717, 1.165) is 64.2 Å². The highest BCUT2D eigenvalue weighted by Crippen LogP contribution is 2.14. The third-order valence-electron chi connectivity index (χ3n) is 10.3. The summed E-state index contributed by atoms with van der Waals surface area (Å²) in [5, 5.41) is 0. The summed E-state index contributed by atoms with van der Waals surface area (Å²) in [5.74, 6) is -0.991. The highest BCUT2D eigenvalue weighted by molar-refractivity contribution is 5.71. The summed E-state index contributed by atoms with van der Waals surface area (Å²) in [5.41, 5.74) is 0. The van der Waals surface area contributed by atoms with Gasteiger partial charge >= 0.3 is 17.9 Å². The van der Waals surface area contributed by atoms with Crippen molar-refractivity contribution in [3.05, 3.63) is 60.8 Å². The zero-order chi connectivity index (χ0) is 42.3. The number of carbonyl (C=O) groups excluding carboxylic acids is 3. The lowest BCUT2D eigenvalue weighted by Crippen LogP contribution is -2.30. The van der Waals surface area contributed by atoms with Crippen LogP contribution in [0, 0.1) is 0 Å². The molecule has 0 spiro atoms. The van der Waals surface area contributed by atoms with Crippen molar-refractivity contribution in [2.24, 2.45) is 0 Å². The van der Waals surface area contributed by atoms with Gasteiger partial charge in [0.15, 0.2) is 6.10 Å². The van der Waals surface area contributed by atoms with Crippen LogP contribution in [-0.2, 0) is 28.6 Å². The Kier molecular flexibility index (Phi) is 44.5. The summed E-state index contributed by atoms with van der Waals surface area (Å²) < 4.78 is 16.6. The topological polar surface area (TPSA) is 78.9 Å². The van der Waals surface area contributed by atoms with Crippen molar-refractivity contribution in [2.45, 2.75) is 239 Å². The first kappa shape index (κ1) is 55.1. The van der Waals surface area contributed by atoms with Crippen molar-refractivity contribution >= 4 is 17.9 Å². The highest BCUT2D eigenvalue weighted by Gasteiger charge is 2.19. The molecule has 0 rings (SSSR count). The van der Waals surface area contributed by atoms with Crippen molar-refractivity contribution < 1.29 is 28.6 Å². The molecule has 1 atom stereocenters. The van der Waals surface area contributed by atoms with E-state index in [4.69, 9.17) is 14.2 Å². The third kappa shape index (κ3) is 44.2. The Bertz CT molecular complexity index is 1070. The van der Waals surface area contributed by atoms with Crippen LogP contribution in [0.1, 0.15) is 233 Å². The van der Waals surface area contributed by atoms with Gasteiger partial charge in [-0.05, 0) is 70.6 Å². The van der Waals surface area contributed by atoms with E-state index in [1.165, 1.54) is 122 Å². The summed E-state index contributed by atoms with van der Waals surface area (Å²) in [6, 6.07) is 0. The summed E-state index contributed by atoms with van der Waals surface area (Å²) in [6.45, 7) is 6.42. The van der Waals surface area contributed by atoms with Crippen LogP contribution in [0.2, 0.25) is 0 Å². The van der Waals surface area contributed by atoms with Crippen LogP contribution < -0.4 is 0 Å². The molecule has 1 unspecified atom stereocenters. The monoisotopic (exact) mass is 811 g/mol. The second-order valence-electron chi connectivity index (χ2n) is 16.0. The van der Waals surface area contributed by atoms with E-state index >= 15 is 0 Å². The van der Waals surface area contributed by atoms with Gasteiger partial charge in [-0.2, -0.15) is 0 Å². The Morgan fingerprint density at radius 2 is 0.707 bits per heavy atom. The smallest absolute Gasteiger partial charge is 0.306 e. The molecular weight excluding hydrogens is 721 g/mol. The van der Waals surface area contributed by atoms with Gasteiger partial charge in [-0.1, -0.05) is 204 Å². The fraction of sp³-hybridized carbons (Fsp3) is 0.750. The third-order valence-corrected chi connectivity index (χ3v) is 10.3. The van der Waals surface area contributed by atoms with Gasteiger partial charge in [0.05, 0.1) is 0 Å². The Morgan fingerprint density at radius 1 is 0.362 bits per heavy atom. The van der Waals surface area contributed by atoms with E-state index in [2.05, 4.69) is 69.4 Å². The molecule has 0 radical (unpaired) electrons. The molecule has 0 aliphatic rings. The Balaban J connectivity index is 4.34. The quantitative estimate of drug-likeness (QED) is 0.0264. The van der Waals surface area contributed by atoms with Gasteiger partial charge in [-0.15, -0.1) is 0 Å². The van der Waals surface area contributed by atoms with Crippen LogP contribution in [0.3, 0.4) is 0 Å². The van der Waals surface area contributed by atoms with E-state index in [0.29, 0.717) is 19.3 Å². The molecule has 0 fully saturated rings. The first-order chi connectivity index (χ1) is 28.5. The van der Waals surface area contributed by atoms with Crippen molar-refractivity contribution in [3.8, 4) is 0 Å². The average molecular weight is 811 g/mol. The minimum Gasteiger partial charge on any atom is -0.462 e. The normalized spacial score (nSPS) is 12.5. The van der Waals surface area contributed by atoms with Gasteiger partial charge in [0.25, 0.3) is 0 Å². The molecule has 6 nitrogen and oxygen atoms in total. The fourth-order valence-electron chi connectivity index (χ4n) is 6.63. The van der Waals surface area contributed by atoms with Crippen molar-refractivity contribution in [1.82, 2.24) is 0 Å². The molecule has 0 heterocycles. The predicted molar refractivity (Wildman–Crippen MR) is 247 cm³/mol. The molecule has 334 valence electrons. The molecule has 0 saturated carbocycles. The number of esters is 3. The molecule has 0 aliphatic heterocycles. The number of carbonyl (C=O) groups is 3. The lowest BCUT2D eigenvalue weighted by atomic mass is 10.1. The molecule has 58 heavy (non-hydrogen) atoms. The van der Waals surface area contributed by atoms with E-state index in [-0.39, 0.29) is 31.6 Å². The van der Waals surface area contributed by atoms with E-state index < -0.39 is 12.1 Å². The largest absolute Gasteiger partial charge is 0.462 e. The number of ether oxygens (including phenoxy) is 3. The Morgan fingerprint density at radius 3 is 1.12 bits per heavy atom. The number of allylic oxidation sites excluding steroid dienone is 10. The summed E-state index contributed by atoms with van der Waals surface area (Å²) in [4.78, 5) is 37.7. The molecule has 0 aromatic heterocycles. The molecular formula is C52H90O6. The maximum Gasteiger partial charge on any atom is 0.306 e. The molecule has 6 heteroatoms. The summed E-state index contributed by atoms with van der Waals surface area (Å²) >= 11 is 0. The van der Waals surface area contributed by atoms with Crippen LogP contribution in [0.25, 0.3) is 0 Å². The maximum atomic E-state index is 12.7. The van der Waals surface area contributed by atoms with Crippen LogP contribution in [0.5, 0.6) is 0 Å². The Hall–Kier alpha value is -2.89. The molecule has 0 aromatic carbocycles. The molecule has 0 N–H and O–H groups in total. The second kappa shape index (κ2) is 46.8. The van der Waals surface area contributed by atoms with Crippen molar-refractivity contribution in [2.75, 3.05) is 13.2 Å². The number of hydrogen-bond donors (Lipinski definition) is 0. The second-order valence-corrected chi connectivity index (χ2v) is 16.0. The van der Waals surface area contributed by atoms with E-state index in [1.807, 2.05) is 12.2 Å². The predicted octanol–water partition coefficient (Wildman–Crippen LogP) is 15.7. The van der Waals surface area contributed by atoms with Gasteiger partial charge in [0.2, 0.25) is 0 Å². The van der Waals surface area contributed by atoms with Crippen molar-refractivity contribution in [3.63, 3.8) is 0 Å². The number of rotatable bonds is 43. The molecule has 0 amide bonds. The van der Waals surface area contributed by atoms with E-state index in [1.54, 1.807) is 0 Å². The van der Waals surface area contributed by atoms with Crippen LogP contribution >= 0.6 is 0 Å². The zero-order valence-corrected chi connectivity index (χ0v) is 38.0. The standard InChI is InChI=1S/C52H90O6/c1-4-7-10-13-16-19-21-23-24-25-26-27-28-30-31-33-36-39-42-45-51(54)57-48-49(47-56-50(53)44-41-38-35-18-15-12-9-6-3)58-52(55)46-43-40-37-34-32-29-22-20-17-14-11-8-5-2/h8,11,17,20,23-24,29,32,37,40,49H,4-7,9-10,12-16,18-19,21-22,25-28,30-31,33-36,38-39,41-48H2,1-3H3/b11-8-,20-17-,24-23-,32-29-,40-37-. The first-order valence-electron chi connectivity index (χ1n) is 24.3. The summed E-state index contributed by atoms with van der Waals surface area (Å²) in [7, 11) is 0. The lowest BCUT2D eigenvalue weighted by molar-refractivity contribution is -0.166. The van der Waals surface area contributed by atoms with Crippen LogP contribution in [-0.4, -0.2) is 37.2 Å². The Labute approximate surface area is 358 Å². The highest BCUT2D eigenvalue weighted by atomic mass is 16.6. The van der Waals surface area contributed by atoms with Gasteiger partial charge in [-0.25, -0.2) is 0 Å². The molecule has 0 saturated heterocycles. The van der Waals surface area contributed by atoms with Gasteiger partial charge in [0, 0.05) is 19.3 Å². The summed E-state index contributed by atoms with van der Waals surface area (Å²) in [6.07, 6.45) is 56.6. The van der Waals surface area contributed by atoms with Crippen molar-refractivity contribution in [1.29, 1.82) is 0 Å². The minimum absolute atomic E-state index is 0.102. The van der Waals surface area contributed by atoms with E-state index in [9.17, 15) is 14.4 Å². The zero-order valence-electron chi connectivity index (χ0n) is 38.0.